The molecule has 1 aromatic heterocycles. The van der Waals surface area contributed by atoms with Gasteiger partial charge in [-0.15, -0.1) is 0 Å². The van der Waals surface area contributed by atoms with Gasteiger partial charge in [0.2, 0.25) is 23.6 Å². The number of amides is 5. The average Bonchev–Trinajstić information content (AvgIpc) is 3.32. The number of rotatable bonds is 5. The zero-order valence-electron chi connectivity index (χ0n) is 20.1. The highest BCUT2D eigenvalue weighted by molar-refractivity contribution is 5.88. The maximum absolute atomic E-state index is 12.7. The van der Waals surface area contributed by atoms with Crippen LogP contribution in [0.4, 0.5) is 4.79 Å². The molecule has 5 amide bonds. The standard InChI is InChI=1S/C20H33N7O9/c1-11(29)16-18(32)22-4-6-34-7-8-35-10-15(31)23-12(3-5-28)17-26-19(36-27-17)13(9-14(30)21-2)24-20(33)25-16/h11-13,16,28-29H,3-10H2,1-2H3,(H,21,30)(H,22,32)(H,23,31)(H2,24,25,33)/t11?,12-,13-,16-/m0/s1. The fourth-order valence-electron chi connectivity index (χ4n) is 3.14. The van der Waals surface area contributed by atoms with Crippen molar-refractivity contribution in [1.82, 2.24) is 36.7 Å². The van der Waals surface area contributed by atoms with Crippen LogP contribution in [0, 0.1) is 0 Å². The number of aliphatic hydroxyl groups is 2. The number of carbonyl (C=O) groups is 4. The molecule has 7 N–H and O–H groups in total. The quantitative estimate of drug-likeness (QED) is 0.209. The van der Waals surface area contributed by atoms with Gasteiger partial charge in [0, 0.05) is 20.2 Å². The van der Waals surface area contributed by atoms with Crippen molar-refractivity contribution in [1.29, 1.82) is 0 Å². The minimum atomic E-state index is -1.30. The molecule has 16 heteroatoms. The van der Waals surface area contributed by atoms with Crippen molar-refractivity contribution >= 4 is 23.8 Å². The molecule has 0 aliphatic carbocycles. The first kappa shape index (κ1) is 28.9. The summed E-state index contributed by atoms with van der Waals surface area (Å²) in [4.78, 5) is 53.6. The Balaban J connectivity index is 2.30. The van der Waals surface area contributed by atoms with E-state index in [-0.39, 0.29) is 64.1 Å². The van der Waals surface area contributed by atoms with Crippen molar-refractivity contribution in [2.75, 3.05) is 46.6 Å². The highest BCUT2D eigenvalue weighted by atomic mass is 16.5. The number of urea groups is 1. The average molecular weight is 516 g/mol. The van der Waals surface area contributed by atoms with Crippen LogP contribution in [0.3, 0.4) is 0 Å². The van der Waals surface area contributed by atoms with Gasteiger partial charge < -0.3 is 50.8 Å². The van der Waals surface area contributed by atoms with Crippen molar-refractivity contribution in [2.45, 2.75) is 44.0 Å². The van der Waals surface area contributed by atoms with Gasteiger partial charge in [-0.3, -0.25) is 14.4 Å². The third kappa shape index (κ3) is 9.37. The Bertz CT molecular complexity index is 879. The summed E-state index contributed by atoms with van der Waals surface area (Å²) in [5.74, 6) is -1.75. The zero-order valence-corrected chi connectivity index (χ0v) is 20.1. The number of aromatic nitrogens is 2. The van der Waals surface area contributed by atoms with E-state index in [4.69, 9.17) is 14.0 Å². The number of hydrogen-bond acceptors (Lipinski definition) is 11. The van der Waals surface area contributed by atoms with Gasteiger partial charge in [0.1, 0.15) is 18.7 Å². The predicted octanol–water partition coefficient (Wildman–Crippen LogP) is -3.00. The highest BCUT2D eigenvalue weighted by Crippen LogP contribution is 2.19. The van der Waals surface area contributed by atoms with E-state index in [1.54, 1.807) is 0 Å². The van der Waals surface area contributed by atoms with Gasteiger partial charge in [-0.05, 0) is 13.3 Å². The van der Waals surface area contributed by atoms with E-state index >= 15 is 0 Å². The number of carbonyl (C=O) groups excluding carboxylic acids is 4. The lowest BCUT2D eigenvalue weighted by atomic mass is 10.1. The normalized spacial score (nSPS) is 23.9. The molecule has 202 valence electrons. The third-order valence-electron chi connectivity index (χ3n) is 5.00. The van der Waals surface area contributed by atoms with Crippen LogP contribution in [-0.4, -0.2) is 103 Å². The molecule has 4 atom stereocenters. The van der Waals surface area contributed by atoms with Crippen molar-refractivity contribution in [3.8, 4) is 0 Å². The number of ether oxygens (including phenoxy) is 2. The largest absolute Gasteiger partial charge is 0.396 e. The van der Waals surface area contributed by atoms with Gasteiger partial charge >= 0.3 is 6.03 Å². The summed E-state index contributed by atoms with van der Waals surface area (Å²) in [7, 11) is 1.40. The molecule has 0 radical (unpaired) electrons. The van der Waals surface area contributed by atoms with Crippen LogP contribution in [0.5, 0.6) is 0 Å². The Labute approximate surface area is 206 Å². The van der Waals surface area contributed by atoms with Crippen molar-refractivity contribution < 1.29 is 43.4 Å². The zero-order chi connectivity index (χ0) is 26.5. The monoisotopic (exact) mass is 515 g/mol. The summed E-state index contributed by atoms with van der Waals surface area (Å²) in [5.41, 5.74) is 0. The fraction of sp³-hybridized carbons (Fsp3) is 0.700. The second-order valence-corrected chi connectivity index (χ2v) is 7.85. The first-order chi connectivity index (χ1) is 17.2. The molecule has 0 spiro atoms. The molecule has 0 aromatic carbocycles. The number of fused-ring (bicyclic) bond motifs is 2. The Kier molecular flexibility index (Phi) is 12.0. The van der Waals surface area contributed by atoms with Crippen molar-refractivity contribution in [3.63, 3.8) is 0 Å². The van der Waals surface area contributed by atoms with Gasteiger partial charge in [-0.25, -0.2) is 4.79 Å². The van der Waals surface area contributed by atoms with Crippen LogP contribution in [0.1, 0.15) is 43.6 Å². The van der Waals surface area contributed by atoms with E-state index < -0.39 is 48.0 Å². The SMILES string of the molecule is CNC(=O)C[C@@H]1NC(=O)N[C@@H](C(C)O)C(=O)NCCOCCOCC(=O)N[C@@H](CCO)c2noc1n2. The molecule has 1 aliphatic heterocycles. The van der Waals surface area contributed by atoms with Crippen molar-refractivity contribution in [2.24, 2.45) is 0 Å². The maximum Gasteiger partial charge on any atom is 0.316 e. The number of hydrogen-bond donors (Lipinski definition) is 7. The molecule has 0 saturated heterocycles. The molecule has 16 nitrogen and oxygen atoms in total. The molecule has 1 unspecified atom stereocenters. The van der Waals surface area contributed by atoms with Crippen LogP contribution in [0.15, 0.2) is 4.52 Å². The lowest BCUT2D eigenvalue weighted by molar-refractivity contribution is -0.127. The van der Waals surface area contributed by atoms with Crippen LogP contribution < -0.4 is 26.6 Å². The summed E-state index contributed by atoms with van der Waals surface area (Å²) < 4.78 is 15.8. The molecule has 0 fully saturated rings. The highest BCUT2D eigenvalue weighted by Gasteiger charge is 2.30. The molecule has 36 heavy (non-hydrogen) atoms. The molecule has 1 aliphatic rings. The first-order valence-electron chi connectivity index (χ1n) is 11.4. The Morgan fingerprint density at radius 3 is 2.58 bits per heavy atom. The van der Waals surface area contributed by atoms with Crippen LogP contribution in [0.25, 0.3) is 0 Å². The molecule has 2 heterocycles. The first-order valence-corrected chi connectivity index (χ1v) is 11.4. The van der Waals surface area contributed by atoms with Gasteiger partial charge in [0.05, 0.1) is 38.4 Å². The summed E-state index contributed by atoms with van der Waals surface area (Å²) in [6, 6.07) is -4.13. The maximum atomic E-state index is 12.7. The Hall–Kier alpha value is -3.34. The summed E-state index contributed by atoms with van der Waals surface area (Å²) in [6.45, 7) is 1.24. The smallest absolute Gasteiger partial charge is 0.316 e. The second-order valence-electron chi connectivity index (χ2n) is 7.85. The van der Waals surface area contributed by atoms with E-state index in [0.29, 0.717) is 0 Å². The Morgan fingerprint density at radius 1 is 1.14 bits per heavy atom. The number of nitrogens with one attached hydrogen (secondary N) is 5. The molecule has 1 aromatic rings. The van der Waals surface area contributed by atoms with E-state index in [2.05, 4.69) is 36.7 Å². The van der Waals surface area contributed by atoms with E-state index in [0.717, 1.165) is 0 Å². The number of nitrogens with zero attached hydrogens (tertiary/aromatic N) is 2. The minimum absolute atomic E-state index is 0.00971. The topological polar surface area (TPSA) is 226 Å². The van der Waals surface area contributed by atoms with E-state index in [1.807, 2.05) is 0 Å². The summed E-state index contributed by atoms with van der Waals surface area (Å²) >= 11 is 0. The second kappa shape index (κ2) is 14.9. The van der Waals surface area contributed by atoms with Gasteiger partial charge in [-0.1, -0.05) is 5.16 Å². The molecule has 2 rings (SSSR count). The van der Waals surface area contributed by atoms with E-state index in [1.165, 1.54) is 14.0 Å². The van der Waals surface area contributed by atoms with Gasteiger partial charge in [0.25, 0.3) is 0 Å². The van der Waals surface area contributed by atoms with Crippen LogP contribution in [0.2, 0.25) is 0 Å². The lowest BCUT2D eigenvalue weighted by Crippen LogP contribution is -2.55. The van der Waals surface area contributed by atoms with Crippen molar-refractivity contribution in [3.05, 3.63) is 11.7 Å². The molecule has 0 saturated carbocycles. The van der Waals surface area contributed by atoms with Crippen LogP contribution >= 0.6 is 0 Å². The third-order valence-corrected chi connectivity index (χ3v) is 5.00. The minimum Gasteiger partial charge on any atom is -0.396 e. The summed E-state index contributed by atoms with van der Waals surface area (Å²) in [5, 5.41) is 35.6. The lowest BCUT2D eigenvalue weighted by Gasteiger charge is -2.22. The Morgan fingerprint density at radius 2 is 1.89 bits per heavy atom. The fourth-order valence-corrected chi connectivity index (χ4v) is 3.14. The molecule has 2 bridgehead atoms. The molecular weight excluding hydrogens is 482 g/mol. The van der Waals surface area contributed by atoms with Gasteiger partial charge in [0.15, 0.2) is 5.82 Å². The summed E-state index contributed by atoms with van der Waals surface area (Å²) in [6.07, 6.45) is -1.47. The van der Waals surface area contributed by atoms with Gasteiger partial charge in [-0.2, -0.15) is 4.98 Å². The predicted molar refractivity (Wildman–Crippen MR) is 120 cm³/mol. The van der Waals surface area contributed by atoms with E-state index in [9.17, 15) is 29.4 Å². The number of aliphatic hydroxyl groups excluding tert-OH is 2. The molecular formula is C20H33N7O9. The van der Waals surface area contributed by atoms with Crippen LogP contribution in [-0.2, 0) is 23.9 Å².